The number of benzene rings is 2. The Morgan fingerprint density at radius 2 is 1.89 bits per heavy atom. The average molecular weight is 259 g/mol. The van der Waals surface area contributed by atoms with E-state index in [-0.39, 0.29) is 0 Å². The lowest BCUT2D eigenvalue weighted by atomic mass is 10.1. The predicted molar refractivity (Wildman–Crippen MR) is 72.8 cm³/mol. The van der Waals surface area contributed by atoms with Crippen LogP contribution in [0.25, 0.3) is 16.8 Å². The molecule has 19 heavy (non-hydrogen) atoms. The second kappa shape index (κ2) is 5.63. The van der Waals surface area contributed by atoms with Crippen LogP contribution in [-0.2, 0) is 9.63 Å². The molecule has 0 bridgehead atoms. The lowest BCUT2D eigenvalue weighted by Crippen LogP contribution is -2.25. The number of carbonyl (C=O) groups is 1. The fourth-order valence-corrected chi connectivity index (χ4v) is 1.74. The number of hydrogen-bond donors (Lipinski definition) is 0. The molecule has 0 saturated heterocycles. The summed E-state index contributed by atoms with van der Waals surface area (Å²) in [6.45, 7) is 0. The van der Waals surface area contributed by atoms with Gasteiger partial charge in [0.15, 0.2) is 5.83 Å². The molecule has 0 saturated carbocycles. The van der Waals surface area contributed by atoms with Crippen molar-refractivity contribution in [3.05, 3.63) is 53.9 Å². The van der Waals surface area contributed by atoms with Gasteiger partial charge in [0.1, 0.15) is 0 Å². The quantitative estimate of drug-likeness (QED) is 0.626. The molecule has 0 aliphatic carbocycles. The summed E-state index contributed by atoms with van der Waals surface area (Å²) in [5.74, 6) is -1.67. The summed E-state index contributed by atoms with van der Waals surface area (Å²) in [5.41, 5.74) is 0.633. The number of rotatable bonds is 3. The van der Waals surface area contributed by atoms with Gasteiger partial charge in [-0.15, -0.1) is 0 Å². The Morgan fingerprint density at radius 3 is 2.58 bits per heavy atom. The Balaban J connectivity index is 2.32. The van der Waals surface area contributed by atoms with E-state index in [1.165, 1.54) is 20.2 Å². The topological polar surface area (TPSA) is 29.5 Å². The minimum Gasteiger partial charge on any atom is -0.274 e. The Labute approximate surface area is 110 Å². The largest absolute Gasteiger partial charge is 0.305 e. The summed E-state index contributed by atoms with van der Waals surface area (Å²) in [6.07, 6.45) is 1.20. The van der Waals surface area contributed by atoms with E-state index in [1.807, 2.05) is 36.4 Å². The van der Waals surface area contributed by atoms with Crippen LogP contribution in [0.5, 0.6) is 0 Å². The molecule has 0 N–H and O–H groups in total. The molecule has 0 unspecified atom stereocenters. The summed E-state index contributed by atoms with van der Waals surface area (Å²) in [4.78, 5) is 16.1. The standard InChI is InChI=1S/C15H14FNO2/c1-17(19-2)15(18)14(16)10-11-7-8-12-5-3-4-6-13(12)9-11/h3-10H,1-2H3/b14-10-. The van der Waals surface area contributed by atoms with Gasteiger partial charge in [-0.1, -0.05) is 36.4 Å². The van der Waals surface area contributed by atoms with E-state index in [0.717, 1.165) is 15.8 Å². The van der Waals surface area contributed by atoms with Crippen LogP contribution < -0.4 is 0 Å². The van der Waals surface area contributed by atoms with Crippen LogP contribution in [0.15, 0.2) is 48.3 Å². The molecule has 0 heterocycles. The maximum atomic E-state index is 13.7. The van der Waals surface area contributed by atoms with Crippen LogP contribution >= 0.6 is 0 Å². The van der Waals surface area contributed by atoms with Gasteiger partial charge in [-0.2, -0.15) is 0 Å². The molecule has 0 spiro atoms. The second-order valence-electron chi connectivity index (χ2n) is 4.08. The van der Waals surface area contributed by atoms with Gasteiger partial charge < -0.3 is 0 Å². The third-order valence-corrected chi connectivity index (χ3v) is 2.83. The minimum absolute atomic E-state index is 0.633. The van der Waals surface area contributed by atoms with Gasteiger partial charge in [0, 0.05) is 7.05 Å². The van der Waals surface area contributed by atoms with E-state index in [2.05, 4.69) is 4.84 Å². The molecular weight excluding hydrogens is 245 g/mol. The van der Waals surface area contributed by atoms with Crippen LogP contribution in [0, 0.1) is 0 Å². The molecular formula is C15H14FNO2. The van der Waals surface area contributed by atoms with Gasteiger partial charge in [0.25, 0.3) is 0 Å². The molecule has 0 radical (unpaired) electrons. The molecule has 0 atom stereocenters. The van der Waals surface area contributed by atoms with Crippen LogP contribution in [-0.4, -0.2) is 25.1 Å². The highest BCUT2D eigenvalue weighted by Gasteiger charge is 2.14. The maximum Gasteiger partial charge on any atom is 0.305 e. The highest BCUT2D eigenvalue weighted by Crippen LogP contribution is 2.18. The zero-order valence-corrected chi connectivity index (χ0v) is 10.8. The molecule has 0 aliphatic heterocycles. The molecule has 0 aliphatic rings. The van der Waals surface area contributed by atoms with Crippen LogP contribution in [0.1, 0.15) is 5.56 Å². The van der Waals surface area contributed by atoms with E-state index < -0.39 is 11.7 Å². The van der Waals surface area contributed by atoms with E-state index in [9.17, 15) is 9.18 Å². The van der Waals surface area contributed by atoms with Crippen molar-refractivity contribution < 1.29 is 14.0 Å². The fourth-order valence-electron chi connectivity index (χ4n) is 1.74. The van der Waals surface area contributed by atoms with E-state index in [0.29, 0.717) is 5.56 Å². The second-order valence-corrected chi connectivity index (χ2v) is 4.08. The smallest absolute Gasteiger partial charge is 0.274 e. The van der Waals surface area contributed by atoms with Crippen molar-refractivity contribution in [2.75, 3.05) is 14.2 Å². The molecule has 3 nitrogen and oxygen atoms in total. The van der Waals surface area contributed by atoms with Crippen molar-refractivity contribution in [1.29, 1.82) is 0 Å². The first kappa shape index (κ1) is 13.2. The lowest BCUT2D eigenvalue weighted by molar-refractivity contribution is -0.165. The van der Waals surface area contributed by atoms with Crippen molar-refractivity contribution in [3.63, 3.8) is 0 Å². The number of nitrogens with zero attached hydrogens (tertiary/aromatic N) is 1. The van der Waals surface area contributed by atoms with Crippen LogP contribution in [0.3, 0.4) is 0 Å². The highest BCUT2D eigenvalue weighted by atomic mass is 19.1. The summed E-state index contributed by atoms with van der Waals surface area (Å²) < 4.78 is 13.7. The van der Waals surface area contributed by atoms with E-state index >= 15 is 0 Å². The number of halogens is 1. The molecule has 98 valence electrons. The van der Waals surface area contributed by atoms with Gasteiger partial charge in [-0.25, -0.2) is 9.45 Å². The Hall–Kier alpha value is -2.20. The van der Waals surface area contributed by atoms with Crippen molar-refractivity contribution in [2.45, 2.75) is 0 Å². The first-order valence-corrected chi connectivity index (χ1v) is 5.80. The third kappa shape index (κ3) is 2.98. The third-order valence-electron chi connectivity index (χ3n) is 2.83. The maximum absolute atomic E-state index is 13.7. The SMILES string of the molecule is CON(C)C(=O)/C(F)=C/c1ccc2ccccc2c1. The number of hydroxylamine groups is 2. The Morgan fingerprint density at radius 1 is 1.21 bits per heavy atom. The minimum atomic E-state index is -0.861. The van der Waals surface area contributed by atoms with Gasteiger partial charge in [-0.05, 0) is 28.5 Å². The number of amides is 1. The Bertz CT molecular complexity index is 637. The zero-order valence-electron chi connectivity index (χ0n) is 10.8. The molecule has 2 aromatic rings. The average Bonchev–Trinajstić information content (AvgIpc) is 2.45. The summed E-state index contributed by atoms with van der Waals surface area (Å²) >= 11 is 0. The monoisotopic (exact) mass is 259 g/mol. The summed E-state index contributed by atoms with van der Waals surface area (Å²) in [5, 5.41) is 2.91. The van der Waals surface area contributed by atoms with Crippen molar-refractivity contribution >= 4 is 22.8 Å². The first-order valence-electron chi connectivity index (χ1n) is 5.80. The lowest BCUT2D eigenvalue weighted by Gasteiger charge is -2.11. The van der Waals surface area contributed by atoms with Gasteiger partial charge >= 0.3 is 5.91 Å². The number of carbonyl (C=O) groups excluding carboxylic acids is 1. The van der Waals surface area contributed by atoms with E-state index in [4.69, 9.17) is 0 Å². The summed E-state index contributed by atoms with van der Waals surface area (Å²) in [7, 11) is 2.66. The Kier molecular flexibility index (Phi) is 3.92. The number of fused-ring (bicyclic) bond motifs is 1. The van der Waals surface area contributed by atoms with Crippen molar-refractivity contribution in [3.8, 4) is 0 Å². The molecule has 2 aromatic carbocycles. The molecule has 4 heteroatoms. The van der Waals surface area contributed by atoms with Gasteiger partial charge in [-0.3, -0.25) is 9.63 Å². The van der Waals surface area contributed by atoms with Crippen LogP contribution in [0.2, 0.25) is 0 Å². The van der Waals surface area contributed by atoms with Crippen LogP contribution in [0.4, 0.5) is 4.39 Å². The van der Waals surface area contributed by atoms with E-state index in [1.54, 1.807) is 6.07 Å². The summed E-state index contributed by atoms with van der Waals surface area (Å²) in [6, 6.07) is 13.2. The van der Waals surface area contributed by atoms with Gasteiger partial charge in [0.2, 0.25) is 0 Å². The van der Waals surface area contributed by atoms with Crippen molar-refractivity contribution in [1.82, 2.24) is 5.06 Å². The predicted octanol–water partition coefficient (Wildman–Crippen LogP) is 3.17. The highest BCUT2D eigenvalue weighted by molar-refractivity contribution is 5.95. The normalized spacial score (nSPS) is 11.6. The zero-order chi connectivity index (χ0) is 13.8. The van der Waals surface area contributed by atoms with Crippen molar-refractivity contribution in [2.24, 2.45) is 0 Å². The fraction of sp³-hybridized carbons (Fsp3) is 0.133. The number of hydrogen-bond acceptors (Lipinski definition) is 2. The molecule has 0 aromatic heterocycles. The first-order chi connectivity index (χ1) is 9.11. The molecule has 0 fully saturated rings. The van der Waals surface area contributed by atoms with Gasteiger partial charge in [0.05, 0.1) is 7.11 Å². The molecule has 1 amide bonds. The number of likely N-dealkylation sites (N-methyl/N-ethyl adjacent to an activating group) is 1. The molecule has 2 rings (SSSR count).